The second kappa shape index (κ2) is 4.91. The third-order valence-corrected chi connectivity index (χ3v) is 1.88. The van der Waals surface area contributed by atoms with Crippen LogP contribution in [0.4, 0.5) is 0 Å². The van der Waals surface area contributed by atoms with Crippen LogP contribution in [-0.2, 0) is 6.42 Å². The fraction of sp³-hybridized carbons (Fsp3) is 0.400. The molecule has 0 amide bonds. The summed E-state index contributed by atoms with van der Waals surface area (Å²) in [5, 5.41) is 0. The van der Waals surface area contributed by atoms with Crippen molar-refractivity contribution in [2.24, 2.45) is 11.5 Å². The Labute approximate surface area is 73.6 Å². The van der Waals surface area contributed by atoms with Gasteiger partial charge in [0, 0.05) is 6.04 Å². The third-order valence-electron chi connectivity index (χ3n) is 1.88. The van der Waals surface area contributed by atoms with E-state index in [9.17, 15) is 0 Å². The maximum atomic E-state index is 5.84. The van der Waals surface area contributed by atoms with E-state index < -0.39 is 0 Å². The molecule has 1 aromatic carbocycles. The Kier molecular flexibility index (Phi) is 3.77. The highest BCUT2D eigenvalue weighted by atomic mass is 14.6. The van der Waals surface area contributed by atoms with Gasteiger partial charge in [0.15, 0.2) is 0 Å². The molecule has 1 atom stereocenters. The van der Waals surface area contributed by atoms with Crippen LogP contribution in [-0.4, -0.2) is 12.6 Å². The Balaban J connectivity index is 2.41. The second-order valence-corrected chi connectivity index (χ2v) is 3.03. The van der Waals surface area contributed by atoms with Crippen LogP contribution in [0.15, 0.2) is 30.3 Å². The van der Waals surface area contributed by atoms with E-state index in [1.165, 1.54) is 5.56 Å². The molecule has 0 heterocycles. The summed E-state index contributed by atoms with van der Waals surface area (Å²) >= 11 is 0. The lowest BCUT2D eigenvalue weighted by atomic mass is 10.0. The van der Waals surface area contributed by atoms with Gasteiger partial charge < -0.3 is 11.5 Å². The zero-order chi connectivity index (χ0) is 8.81. The summed E-state index contributed by atoms with van der Waals surface area (Å²) in [6.45, 7) is 0.675. The zero-order valence-corrected chi connectivity index (χ0v) is 7.24. The highest BCUT2D eigenvalue weighted by Gasteiger charge is 2.01. The zero-order valence-electron chi connectivity index (χ0n) is 7.24. The van der Waals surface area contributed by atoms with Gasteiger partial charge in [-0.3, -0.25) is 0 Å². The molecule has 1 rings (SSSR count). The van der Waals surface area contributed by atoms with E-state index >= 15 is 0 Å². The van der Waals surface area contributed by atoms with Crippen molar-refractivity contribution >= 4 is 0 Å². The van der Waals surface area contributed by atoms with Crippen molar-refractivity contribution in [1.29, 1.82) is 0 Å². The van der Waals surface area contributed by atoms with Crippen molar-refractivity contribution in [3.05, 3.63) is 35.9 Å². The number of benzene rings is 1. The molecule has 0 radical (unpaired) electrons. The SMILES string of the molecule is NCC[C@H](N)Cc1ccccc1. The summed E-state index contributed by atoms with van der Waals surface area (Å²) in [7, 11) is 0. The highest BCUT2D eigenvalue weighted by molar-refractivity contribution is 5.15. The Morgan fingerprint density at radius 3 is 2.42 bits per heavy atom. The quantitative estimate of drug-likeness (QED) is 0.695. The number of hydrogen-bond donors (Lipinski definition) is 2. The molecule has 0 aliphatic rings. The van der Waals surface area contributed by atoms with Gasteiger partial charge >= 0.3 is 0 Å². The van der Waals surface area contributed by atoms with Crippen molar-refractivity contribution < 1.29 is 0 Å². The highest BCUT2D eigenvalue weighted by Crippen LogP contribution is 2.02. The standard InChI is InChI=1S/C10H16N2/c11-7-6-10(12)8-9-4-2-1-3-5-9/h1-5,10H,6-8,11-12H2/t10-/m0/s1. The molecule has 0 unspecified atom stereocenters. The molecule has 0 aliphatic heterocycles. The van der Waals surface area contributed by atoms with Crippen LogP contribution in [0.1, 0.15) is 12.0 Å². The Hall–Kier alpha value is -0.860. The first-order chi connectivity index (χ1) is 5.83. The van der Waals surface area contributed by atoms with Crippen LogP contribution < -0.4 is 11.5 Å². The van der Waals surface area contributed by atoms with Gasteiger partial charge in [-0.15, -0.1) is 0 Å². The van der Waals surface area contributed by atoms with Crippen LogP contribution in [0.5, 0.6) is 0 Å². The van der Waals surface area contributed by atoms with E-state index in [0.717, 1.165) is 12.8 Å². The van der Waals surface area contributed by atoms with Crippen molar-refractivity contribution in [2.45, 2.75) is 18.9 Å². The first-order valence-electron chi connectivity index (χ1n) is 4.32. The summed E-state index contributed by atoms with van der Waals surface area (Å²) < 4.78 is 0. The summed E-state index contributed by atoms with van der Waals surface area (Å²) in [6, 6.07) is 10.5. The molecular weight excluding hydrogens is 148 g/mol. The van der Waals surface area contributed by atoms with Crippen LogP contribution in [0, 0.1) is 0 Å². The monoisotopic (exact) mass is 164 g/mol. The maximum absolute atomic E-state index is 5.84. The third kappa shape index (κ3) is 3.03. The molecule has 1 aromatic rings. The van der Waals surface area contributed by atoms with E-state index in [2.05, 4.69) is 12.1 Å². The minimum absolute atomic E-state index is 0.206. The van der Waals surface area contributed by atoms with Gasteiger partial charge in [0.25, 0.3) is 0 Å². The molecule has 0 saturated carbocycles. The summed E-state index contributed by atoms with van der Waals surface area (Å²) in [5.41, 5.74) is 12.5. The fourth-order valence-corrected chi connectivity index (χ4v) is 1.23. The van der Waals surface area contributed by atoms with Crippen molar-refractivity contribution in [3.8, 4) is 0 Å². The van der Waals surface area contributed by atoms with E-state index in [0.29, 0.717) is 6.54 Å². The molecule has 0 aromatic heterocycles. The minimum atomic E-state index is 0.206. The molecule has 0 spiro atoms. The lowest BCUT2D eigenvalue weighted by molar-refractivity contribution is 0.619. The number of nitrogens with two attached hydrogens (primary N) is 2. The first-order valence-corrected chi connectivity index (χ1v) is 4.32. The fourth-order valence-electron chi connectivity index (χ4n) is 1.23. The molecule has 0 fully saturated rings. The second-order valence-electron chi connectivity index (χ2n) is 3.03. The topological polar surface area (TPSA) is 52.0 Å². The summed E-state index contributed by atoms with van der Waals surface area (Å²) in [6.07, 6.45) is 1.83. The van der Waals surface area contributed by atoms with E-state index in [1.807, 2.05) is 18.2 Å². The van der Waals surface area contributed by atoms with Crippen molar-refractivity contribution in [1.82, 2.24) is 0 Å². The van der Waals surface area contributed by atoms with Gasteiger partial charge in [0.05, 0.1) is 0 Å². The summed E-state index contributed by atoms with van der Waals surface area (Å²) in [4.78, 5) is 0. The van der Waals surface area contributed by atoms with E-state index in [1.54, 1.807) is 0 Å². The molecule has 4 N–H and O–H groups in total. The van der Waals surface area contributed by atoms with Crippen LogP contribution in [0.2, 0.25) is 0 Å². The van der Waals surface area contributed by atoms with Gasteiger partial charge in [-0.1, -0.05) is 30.3 Å². The minimum Gasteiger partial charge on any atom is -0.330 e. The average molecular weight is 164 g/mol. The molecule has 66 valence electrons. The van der Waals surface area contributed by atoms with E-state index in [-0.39, 0.29) is 6.04 Å². The lowest BCUT2D eigenvalue weighted by Crippen LogP contribution is -2.25. The molecular formula is C10H16N2. The predicted molar refractivity (Wildman–Crippen MR) is 51.8 cm³/mol. The normalized spacial score (nSPS) is 12.8. The number of hydrogen-bond acceptors (Lipinski definition) is 2. The van der Waals surface area contributed by atoms with Gasteiger partial charge in [0.2, 0.25) is 0 Å². The molecule has 0 saturated heterocycles. The largest absolute Gasteiger partial charge is 0.330 e. The van der Waals surface area contributed by atoms with Crippen molar-refractivity contribution in [2.75, 3.05) is 6.54 Å². The lowest BCUT2D eigenvalue weighted by Gasteiger charge is -2.09. The maximum Gasteiger partial charge on any atom is 0.00913 e. The predicted octanol–water partition coefficient (Wildman–Crippen LogP) is 0.905. The van der Waals surface area contributed by atoms with Crippen LogP contribution >= 0.6 is 0 Å². The molecule has 2 heteroatoms. The van der Waals surface area contributed by atoms with Gasteiger partial charge in [0.1, 0.15) is 0 Å². The molecule has 0 bridgehead atoms. The smallest absolute Gasteiger partial charge is 0.00913 e. The Morgan fingerprint density at radius 1 is 1.17 bits per heavy atom. The molecule has 2 nitrogen and oxygen atoms in total. The van der Waals surface area contributed by atoms with Crippen LogP contribution in [0.3, 0.4) is 0 Å². The summed E-state index contributed by atoms with van der Waals surface area (Å²) in [5.74, 6) is 0. The van der Waals surface area contributed by atoms with Gasteiger partial charge in [-0.25, -0.2) is 0 Å². The Morgan fingerprint density at radius 2 is 1.83 bits per heavy atom. The van der Waals surface area contributed by atoms with Gasteiger partial charge in [-0.05, 0) is 24.9 Å². The van der Waals surface area contributed by atoms with Crippen molar-refractivity contribution in [3.63, 3.8) is 0 Å². The average Bonchev–Trinajstić information content (AvgIpc) is 2.06. The van der Waals surface area contributed by atoms with Gasteiger partial charge in [-0.2, -0.15) is 0 Å². The molecule has 0 aliphatic carbocycles. The number of rotatable bonds is 4. The first kappa shape index (κ1) is 9.23. The molecule has 12 heavy (non-hydrogen) atoms. The van der Waals surface area contributed by atoms with Crippen LogP contribution in [0.25, 0.3) is 0 Å². The van der Waals surface area contributed by atoms with E-state index in [4.69, 9.17) is 11.5 Å². The Bertz CT molecular complexity index is 208.